The van der Waals surface area contributed by atoms with Gasteiger partial charge in [-0.15, -0.1) is 12.4 Å². The Morgan fingerprint density at radius 2 is 1.60 bits per heavy atom. The van der Waals surface area contributed by atoms with E-state index < -0.39 is 17.1 Å². The predicted octanol–water partition coefficient (Wildman–Crippen LogP) is 10.0. The van der Waals surface area contributed by atoms with Gasteiger partial charge in [0.1, 0.15) is 17.9 Å². The second kappa shape index (κ2) is 21.8. The molecule has 0 bridgehead atoms. The molecule has 1 unspecified atom stereocenters. The summed E-state index contributed by atoms with van der Waals surface area (Å²) in [6.07, 6.45) is 9.77. The Kier molecular flexibility index (Phi) is 15.2. The van der Waals surface area contributed by atoms with Gasteiger partial charge in [-0.2, -0.15) is 0 Å². The fourth-order valence-electron chi connectivity index (χ4n) is 12.0. The van der Waals surface area contributed by atoms with Gasteiger partial charge in [-0.1, -0.05) is 73.8 Å². The molecule has 18 heteroatoms. The minimum atomic E-state index is -1.86. The van der Waals surface area contributed by atoms with Crippen LogP contribution in [0.2, 0.25) is 10.0 Å². The van der Waals surface area contributed by atoms with E-state index in [1.165, 1.54) is 32.4 Å². The number of aromatic nitrogens is 5. The van der Waals surface area contributed by atoms with Crippen molar-refractivity contribution in [2.75, 3.05) is 26.2 Å². The van der Waals surface area contributed by atoms with Gasteiger partial charge in [0.2, 0.25) is 0 Å². The van der Waals surface area contributed by atoms with Crippen molar-refractivity contribution in [3.8, 4) is 28.3 Å². The van der Waals surface area contributed by atoms with Crippen LogP contribution in [0.1, 0.15) is 91.4 Å². The number of piperidine rings is 2. The van der Waals surface area contributed by atoms with E-state index in [9.17, 15) is 24.3 Å². The number of hydrogen-bond donors (Lipinski definition) is 2. The molecule has 12 rings (SSSR count). The van der Waals surface area contributed by atoms with Crippen LogP contribution in [0, 0.1) is 0 Å². The molecule has 2 fully saturated rings. The molecule has 0 spiro atoms. The van der Waals surface area contributed by atoms with Gasteiger partial charge in [0.25, 0.3) is 11.1 Å². The summed E-state index contributed by atoms with van der Waals surface area (Å²) in [5.74, 6) is -0.266. The first-order chi connectivity index (χ1) is 37.1. The summed E-state index contributed by atoms with van der Waals surface area (Å²) in [7, 11) is 3.68. The van der Waals surface area contributed by atoms with E-state index in [0.717, 1.165) is 73.7 Å². The number of imidazole rings is 1. The number of rotatable bonds is 8. The number of benzene rings is 4. The monoisotopic (exact) mass is 1110 g/mol. The van der Waals surface area contributed by atoms with Crippen molar-refractivity contribution < 1.29 is 24.2 Å². The minimum Gasteiger partial charge on any atom is -0.458 e. The number of likely N-dealkylation sites (tertiary alicyclic amines) is 2. The van der Waals surface area contributed by atoms with Crippen molar-refractivity contribution in [1.82, 2.24) is 33.5 Å². The second-order valence-electron chi connectivity index (χ2n) is 20.6. The van der Waals surface area contributed by atoms with E-state index in [2.05, 4.69) is 16.8 Å². The maximum absolute atomic E-state index is 13.6. The number of nitrogens with two attached hydrogens (primary N) is 1. The van der Waals surface area contributed by atoms with E-state index in [-0.39, 0.29) is 42.6 Å². The van der Waals surface area contributed by atoms with Crippen LogP contribution in [0.5, 0.6) is 5.75 Å². The third kappa shape index (κ3) is 9.57. The fourth-order valence-corrected chi connectivity index (χ4v) is 12.3. The molecule has 2 atom stereocenters. The van der Waals surface area contributed by atoms with Crippen LogP contribution in [0.15, 0.2) is 119 Å². The van der Waals surface area contributed by atoms with Crippen molar-refractivity contribution in [3.63, 3.8) is 0 Å². The quantitative estimate of drug-likeness (QED) is 0.138. The highest BCUT2D eigenvalue weighted by Crippen LogP contribution is 2.42. The number of esters is 1. The first-order valence-electron chi connectivity index (χ1n) is 26.4. The molecule has 2 saturated heterocycles. The number of carbonyl (C=O) groups excluding carboxylic acids is 2. The molecule has 78 heavy (non-hydrogen) atoms. The van der Waals surface area contributed by atoms with Crippen LogP contribution < -0.4 is 21.6 Å². The molecule has 0 radical (unpaired) electrons. The zero-order valence-corrected chi connectivity index (χ0v) is 46.3. The SMILES string of the molecule is CCc1c2c(nc3ccc(OC(=O)N4CCC(N5CCCCC5)CC4)cc13)-c1cc3c(c(=O)n1C2)COC(=O)[C@]3(O)CC.Cl.Cn1cncc1C(N)(c1ccc(Cl)cc1)c1ccc2c(c1)c(-c1cccc(Cl)c1)cc(=O)n2C. The van der Waals surface area contributed by atoms with Crippen molar-refractivity contribution >= 4 is 69.5 Å². The molecule has 4 aliphatic rings. The van der Waals surface area contributed by atoms with Gasteiger partial charge in [-0.25, -0.2) is 19.6 Å². The lowest BCUT2D eigenvalue weighted by Gasteiger charge is -2.39. The van der Waals surface area contributed by atoms with Crippen LogP contribution in [-0.4, -0.2) is 82.9 Å². The van der Waals surface area contributed by atoms with Crippen molar-refractivity contribution in [1.29, 1.82) is 0 Å². The second-order valence-corrected chi connectivity index (χ2v) is 21.5. The summed E-state index contributed by atoms with van der Waals surface area (Å²) < 4.78 is 16.3. The van der Waals surface area contributed by atoms with E-state index in [1.54, 1.807) is 53.8 Å². The van der Waals surface area contributed by atoms with Crippen LogP contribution in [0.4, 0.5) is 4.79 Å². The van der Waals surface area contributed by atoms with Gasteiger partial charge in [0.15, 0.2) is 5.60 Å². The summed E-state index contributed by atoms with van der Waals surface area (Å²) in [6.45, 7) is 7.65. The normalized spacial score (nSPS) is 18.0. The highest BCUT2D eigenvalue weighted by molar-refractivity contribution is 6.31. The molecule has 4 aromatic carbocycles. The van der Waals surface area contributed by atoms with Crippen LogP contribution in [0.3, 0.4) is 0 Å². The third-order valence-electron chi connectivity index (χ3n) is 16.3. The van der Waals surface area contributed by atoms with E-state index in [1.807, 2.05) is 95.4 Å². The molecule has 8 heterocycles. The van der Waals surface area contributed by atoms with Gasteiger partial charge in [-0.3, -0.25) is 9.59 Å². The Labute approximate surface area is 467 Å². The van der Waals surface area contributed by atoms with Crippen LogP contribution >= 0.6 is 35.6 Å². The maximum Gasteiger partial charge on any atom is 0.415 e. The Balaban J connectivity index is 0.000000179. The number of halogens is 3. The topological polar surface area (TPSA) is 180 Å². The molecule has 0 saturated carbocycles. The Morgan fingerprint density at radius 1 is 0.859 bits per heavy atom. The van der Waals surface area contributed by atoms with E-state index >= 15 is 0 Å². The van der Waals surface area contributed by atoms with Crippen molar-refractivity contribution in [2.24, 2.45) is 19.8 Å². The number of hydrogen-bond acceptors (Lipinski definition) is 11. The molecule has 8 aromatic rings. The maximum atomic E-state index is 13.6. The molecule has 15 nitrogen and oxygen atoms in total. The fraction of sp³-hybridized carbons (Fsp3) is 0.333. The number of amides is 1. The molecule has 404 valence electrons. The molecule has 0 aliphatic carbocycles. The minimum absolute atomic E-state index is 0. The summed E-state index contributed by atoms with van der Waals surface area (Å²) in [4.78, 5) is 65.6. The number of nitrogens with zero attached hydrogens (tertiary/aromatic N) is 7. The lowest BCUT2D eigenvalue weighted by atomic mass is 9.80. The molecule has 4 aromatic heterocycles. The van der Waals surface area contributed by atoms with Gasteiger partial charge < -0.3 is 43.8 Å². The molecular weight excluding hydrogens is 1050 g/mol. The zero-order chi connectivity index (χ0) is 53.9. The summed E-state index contributed by atoms with van der Waals surface area (Å²) in [5.41, 5.74) is 13.5. The number of cyclic esters (lactones) is 1. The predicted molar refractivity (Wildman–Crippen MR) is 306 cm³/mol. The zero-order valence-electron chi connectivity index (χ0n) is 43.9. The highest BCUT2D eigenvalue weighted by atomic mass is 35.5. The van der Waals surface area contributed by atoms with Crippen molar-refractivity contribution in [3.05, 3.63) is 179 Å². The van der Waals surface area contributed by atoms with Gasteiger partial charge in [-0.05, 0) is 140 Å². The van der Waals surface area contributed by atoms with Gasteiger partial charge in [0.05, 0.1) is 52.7 Å². The molecule has 1 amide bonds. The molecular formula is C60H61Cl3N8O7. The Hall–Kier alpha value is -6.85. The number of ether oxygens (including phenoxy) is 2. The first kappa shape index (κ1) is 54.5. The number of aryl methyl sites for hydroxylation is 3. The third-order valence-corrected chi connectivity index (χ3v) is 16.8. The summed E-state index contributed by atoms with van der Waals surface area (Å²) in [5, 5.41) is 14.2. The number of fused-ring (bicyclic) bond motifs is 6. The number of aliphatic hydroxyl groups is 1. The van der Waals surface area contributed by atoms with Crippen LogP contribution in [0.25, 0.3) is 44.3 Å². The average Bonchev–Trinajstić information content (AvgIpc) is 4.23. The standard InChI is InChI=1S/C33H38N4O6.C27H22Cl2N4O.ClH/c1-3-22-23-16-21(43-32(40)36-14-10-20(11-15-36)35-12-6-5-7-13-35)8-9-27(23)34-29-24(22)18-37-28(29)17-26-25(30(37)38)19-42-31(39)33(26,41)4-2;1-32-16-31-15-25(32)27(30,18-6-9-20(28)10-7-18)19-8-11-24-23(13-19)22(14-26(34)33(24)2)17-4-3-5-21(29)12-17;/h8-9,16-17,20,41H,3-7,10-15,18-19H2,1-2H3;3-16H,30H2,1-2H3;1H/t33-;;/m0../s1. The van der Waals surface area contributed by atoms with Gasteiger partial charge >= 0.3 is 12.1 Å². The number of carbonyl (C=O) groups is 2. The van der Waals surface area contributed by atoms with E-state index in [4.69, 9.17) is 43.4 Å². The van der Waals surface area contributed by atoms with Gasteiger partial charge in [0, 0.05) is 71.2 Å². The lowest BCUT2D eigenvalue weighted by Crippen LogP contribution is -2.48. The van der Waals surface area contributed by atoms with Crippen LogP contribution in [-0.2, 0) is 54.3 Å². The summed E-state index contributed by atoms with van der Waals surface area (Å²) >= 11 is 12.4. The van der Waals surface area contributed by atoms with Crippen molar-refractivity contribution in [2.45, 2.75) is 89.1 Å². The first-order valence-corrected chi connectivity index (χ1v) is 27.1. The lowest BCUT2D eigenvalue weighted by molar-refractivity contribution is -0.172. The Morgan fingerprint density at radius 3 is 2.29 bits per heavy atom. The molecule has 3 N–H and O–H groups in total. The van der Waals surface area contributed by atoms with E-state index in [0.29, 0.717) is 70.4 Å². The highest BCUT2D eigenvalue weighted by Gasteiger charge is 2.46. The molecule has 4 aliphatic heterocycles. The summed E-state index contributed by atoms with van der Waals surface area (Å²) in [6, 6.07) is 30.4. The average molecular weight is 1110 g/mol. The number of pyridine rings is 3. The smallest absolute Gasteiger partial charge is 0.415 e. The largest absolute Gasteiger partial charge is 0.458 e. The Bertz CT molecular complexity index is 3770.